The molecular formula is C14H18N2O2. The van der Waals surface area contributed by atoms with Crippen LogP contribution in [-0.4, -0.2) is 16.8 Å². The van der Waals surface area contributed by atoms with Crippen LogP contribution in [-0.2, 0) is 13.1 Å². The lowest BCUT2D eigenvalue weighted by atomic mass is 10.2. The molecule has 2 rings (SSSR count). The maximum Gasteiger partial charge on any atom is 0.160 e. The summed E-state index contributed by atoms with van der Waals surface area (Å²) in [6, 6.07) is 9.41. The summed E-state index contributed by atoms with van der Waals surface area (Å²) in [6.45, 7) is 3.80. The maximum absolute atomic E-state index is 9.68. The molecule has 4 nitrogen and oxygen atoms in total. The summed E-state index contributed by atoms with van der Waals surface area (Å²) in [4.78, 5) is 0. The van der Waals surface area contributed by atoms with E-state index in [1.54, 1.807) is 12.1 Å². The molecule has 0 aliphatic rings. The number of methoxy groups -OCH3 is 1. The molecule has 1 aromatic heterocycles. The number of anilines is 1. The highest BCUT2D eigenvalue weighted by Crippen LogP contribution is 2.28. The van der Waals surface area contributed by atoms with Gasteiger partial charge in [-0.05, 0) is 31.2 Å². The molecule has 0 aliphatic heterocycles. The molecule has 0 radical (unpaired) electrons. The number of aromatic hydroxyl groups is 1. The number of rotatable bonds is 5. The second-order valence-electron chi connectivity index (χ2n) is 4.03. The molecule has 0 unspecified atom stereocenters. The molecule has 2 aromatic rings. The zero-order valence-corrected chi connectivity index (χ0v) is 10.7. The van der Waals surface area contributed by atoms with E-state index in [4.69, 9.17) is 4.74 Å². The average molecular weight is 246 g/mol. The van der Waals surface area contributed by atoms with Gasteiger partial charge >= 0.3 is 0 Å². The number of aryl methyl sites for hydroxylation is 1. The van der Waals surface area contributed by atoms with Crippen LogP contribution in [0, 0.1) is 0 Å². The van der Waals surface area contributed by atoms with Crippen LogP contribution in [0.25, 0.3) is 0 Å². The zero-order chi connectivity index (χ0) is 13.0. The normalized spacial score (nSPS) is 10.3. The molecule has 96 valence electrons. The largest absolute Gasteiger partial charge is 0.504 e. The fourth-order valence-corrected chi connectivity index (χ4v) is 1.91. The van der Waals surface area contributed by atoms with Crippen LogP contribution in [0.4, 0.5) is 5.69 Å². The summed E-state index contributed by atoms with van der Waals surface area (Å²) >= 11 is 0. The van der Waals surface area contributed by atoms with Gasteiger partial charge in [0.25, 0.3) is 0 Å². The molecule has 18 heavy (non-hydrogen) atoms. The first-order chi connectivity index (χ1) is 8.74. The minimum absolute atomic E-state index is 0.147. The van der Waals surface area contributed by atoms with Crippen LogP contribution in [0.5, 0.6) is 11.5 Å². The van der Waals surface area contributed by atoms with E-state index in [9.17, 15) is 5.11 Å². The highest BCUT2D eigenvalue weighted by molar-refractivity contribution is 5.54. The number of aromatic nitrogens is 1. The van der Waals surface area contributed by atoms with Gasteiger partial charge in [-0.15, -0.1) is 0 Å². The van der Waals surface area contributed by atoms with E-state index < -0.39 is 0 Å². The Morgan fingerprint density at radius 3 is 2.83 bits per heavy atom. The number of nitrogens with zero attached hydrogens (tertiary/aromatic N) is 1. The molecule has 0 atom stereocenters. The van der Waals surface area contributed by atoms with Crippen molar-refractivity contribution < 1.29 is 9.84 Å². The molecule has 0 saturated heterocycles. The van der Waals surface area contributed by atoms with Gasteiger partial charge in [-0.25, -0.2) is 0 Å². The zero-order valence-electron chi connectivity index (χ0n) is 10.7. The Hall–Kier alpha value is -2.10. The number of hydrogen-bond donors (Lipinski definition) is 2. The minimum Gasteiger partial charge on any atom is -0.504 e. The van der Waals surface area contributed by atoms with Crippen LogP contribution >= 0.6 is 0 Å². The van der Waals surface area contributed by atoms with Gasteiger partial charge in [0.1, 0.15) is 0 Å². The number of phenols is 1. The Morgan fingerprint density at radius 1 is 1.33 bits per heavy atom. The first-order valence-corrected chi connectivity index (χ1v) is 5.99. The monoisotopic (exact) mass is 246 g/mol. The molecule has 4 heteroatoms. The SMILES string of the molecule is CCn1cccc1CNc1ccc(OC)c(O)c1. The van der Waals surface area contributed by atoms with E-state index in [1.165, 1.54) is 12.8 Å². The van der Waals surface area contributed by atoms with Gasteiger partial charge < -0.3 is 19.7 Å². The molecule has 1 heterocycles. The Bertz CT molecular complexity index is 520. The number of hydrogen-bond acceptors (Lipinski definition) is 3. The van der Waals surface area contributed by atoms with Gasteiger partial charge in [-0.1, -0.05) is 0 Å². The van der Waals surface area contributed by atoms with E-state index in [1.807, 2.05) is 12.1 Å². The fraction of sp³-hybridized carbons (Fsp3) is 0.286. The van der Waals surface area contributed by atoms with Gasteiger partial charge in [0.05, 0.1) is 13.7 Å². The third-order valence-electron chi connectivity index (χ3n) is 2.92. The molecule has 0 aliphatic carbocycles. The quantitative estimate of drug-likeness (QED) is 0.852. The van der Waals surface area contributed by atoms with Crippen molar-refractivity contribution in [3.05, 3.63) is 42.2 Å². The van der Waals surface area contributed by atoms with Crippen molar-refractivity contribution in [3.8, 4) is 11.5 Å². The minimum atomic E-state index is 0.147. The first-order valence-electron chi connectivity index (χ1n) is 5.99. The van der Waals surface area contributed by atoms with Crippen LogP contribution in [0.15, 0.2) is 36.5 Å². The number of benzene rings is 1. The van der Waals surface area contributed by atoms with Gasteiger partial charge in [0.15, 0.2) is 11.5 Å². The summed E-state index contributed by atoms with van der Waals surface area (Å²) in [7, 11) is 1.54. The first kappa shape index (κ1) is 12.4. The predicted molar refractivity (Wildman–Crippen MR) is 72.1 cm³/mol. The third-order valence-corrected chi connectivity index (χ3v) is 2.92. The lowest BCUT2D eigenvalue weighted by Gasteiger charge is -2.10. The van der Waals surface area contributed by atoms with Gasteiger partial charge in [0, 0.05) is 30.2 Å². The van der Waals surface area contributed by atoms with Gasteiger partial charge in [-0.3, -0.25) is 0 Å². The second-order valence-corrected chi connectivity index (χ2v) is 4.03. The van der Waals surface area contributed by atoms with Crippen LogP contribution in [0.3, 0.4) is 0 Å². The Balaban J connectivity index is 2.04. The van der Waals surface area contributed by atoms with E-state index >= 15 is 0 Å². The summed E-state index contributed by atoms with van der Waals surface area (Å²) in [6.07, 6.45) is 2.06. The summed E-state index contributed by atoms with van der Waals surface area (Å²) in [5.74, 6) is 0.630. The molecule has 0 amide bonds. The molecule has 0 spiro atoms. The Morgan fingerprint density at radius 2 is 2.17 bits per heavy atom. The molecule has 2 N–H and O–H groups in total. The van der Waals surface area contributed by atoms with Crippen molar-refractivity contribution in [2.24, 2.45) is 0 Å². The standard InChI is InChI=1S/C14H18N2O2/c1-3-16-8-4-5-12(16)10-15-11-6-7-14(18-2)13(17)9-11/h4-9,15,17H,3,10H2,1-2H3. The van der Waals surface area contributed by atoms with Crippen molar-refractivity contribution in [2.45, 2.75) is 20.0 Å². The van der Waals surface area contributed by atoms with Gasteiger partial charge in [-0.2, -0.15) is 0 Å². The fourth-order valence-electron chi connectivity index (χ4n) is 1.91. The Kier molecular flexibility index (Phi) is 3.77. The topological polar surface area (TPSA) is 46.4 Å². The predicted octanol–water partition coefficient (Wildman–Crippen LogP) is 2.83. The third kappa shape index (κ3) is 2.59. The second kappa shape index (κ2) is 5.49. The van der Waals surface area contributed by atoms with Gasteiger partial charge in [0.2, 0.25) is 0 Å². The Labute approximate surface area is 107 Å². The van der Waals surface area contributed by atoms with E-state index in [0.29, 0.717) is 5.75 Å². The van der Waals surface area contributed by atoms with Crippen LogP contribution < -0.4 is 10.1 Å². The number of phenolic OH excluding ortho intramolecular Hbond substituents is 1. The summed E-state index contributed by atoms with van der Waals surface area (Å²) in [5, 5.41) is 13.0. The summed E-state index contributed by atoms with van der Waals surface area (Å²) in [5.41, 5.74) is 2.09. The van der Waals surface area contributed by atoms with Crippen molar-refractivity contribution >= 4 is 5.69 Å². The molecule has 1 aromatic carbocycles. The van der Waals surface area contributed by atoms with Crippen molar-refractivity contribution in [1.29, 1.82) is 0 Å². The van der Waals surface area contributed by atoms with E-state index in [-0.39, 0.29) is 5.75 Å². The smallest absolute Gasteiger partial charge is 0.160 e. The van der Waals surface area contributed by atoms with Crippen LogP contribution in [0.2, 0.25) is 0 Å². The lowest BCUT2D eigenvalue weighted by molar-refractivity contribution is 0.373. The molecular weight excluding hydrogens is 228 g/mol. The van der Waals surface area contributed by atoms with Crippen molar-refractivity contribution in [1.82, 2.24) is 4.57 Å². The average Bonchev–Trinajstić information content (AvgIpc) is 2.84. The van der Waals surface area contributed by atoms with Crippen molar-refractivity contribution in [3.63, 3.8) is 0 Å². The van der Waals surface area contributed by atoms with Crippen LogP contribution in [0.1, 0.15) is 12.6 Å². The molecule has 0 bridgehead atoms. The van der Waals surface area contributed by atoms with E-state index in [0.717, 1.165) is 18.8 Å². The lowest BCUT2D eigenvalue weighted by Crippen LogP contribution is -2.05. The molecule has 0 saturated carbocycles. The summed E-state index contributed by atoms with van der Waals surface area (Å²) < 4.78 is 7.18. The van der Waals surface area contributed by atoms with E-state index in [2.05, 4.69) is 29.1 Å². The number of nitrogens with one attached hydrogen (secondary N) is 1. The highest BCUT2D eigenvalue weighted by atomic mass is 16.5. The molecule has 0 fully saturated rings. The maximum atomic E-state index is 9.68. The van der Waals surface area contributed by atoms with Crippen molar-refractivity contribution in [2.75, 3.05) is 12.4 Å². The number of ether oxygens (including phenoxy) is 1. The highest BCUT2D eigenvalue weighted by Gasteiger charge is 2.03.